The van der Waals surface area contributed by atoms with Gasteiger partial charge in [-0.15, -0.1) is 0 Å². The van der Waals surface area contributed by atoms with E-state index in [-0.39, 0.29) is 31.0 Å². The summed E-state index contributed by atoms with van der Waals surface area (Å²) in [6.45, 7) is 11.5. The molecule has 38 heavy (non-hydrogen) atoms. The maximum absolute atomic E-state index is 12.9. The molecule has 1 fully saturated rings. The molecule has 9 nitrogen and oxygen atoms in total. The fraction of sp³-hybridized carbons (Fsp3) is 0.448. The van der Waals surface area contributed by atoms with E-state index in [1.54, 1.807) is 31.2 Å². The number of nitrogens with one attached hydrogen (secondary N) is 1. The normalized spacial score (nSPS) is 14.0. The van der Waals surface area contributed by atoms with Crippen LogP contribution in [0.5, 0.6) is 0 Å². The van der Waals surface area contributed by atoms with Gasteiger partial charge in [0.25, 0.3) is 5.56 Å². The molecule has 0 atom stereocenters. The van der Waals surface area contributed by atoms with Crippen molar-refractivity contribution in [2.75, 3.05) is 50.8 Å². The number of ether oxygens (including phenoxy) is 1. The highest BCUT2D eigenvalue weighted by atomic mass is 16.5. The second-order valence-electron chi connectivity index (χ2n) is 9.74. The minimum atomic E-state index is -0.422. The molecule has 9 heteroatoms. The molecular formula is C29H37N5O4. The first-order chi connectivity index (χ1) is 18.4. The number of amides is 1. The molecule has 0 spiro atoms. The van der Waals surface area contributed by atoms with Gasteiger partial charge in [-0.25, -0.2) is 4.68 Å². The smallest absolute Gasteiger partial charge is 0.311 e. The molecule has 3 aromatic rings. The van der Waals surface area contributed by atoms with Crippen LogP contribution in [0.4, 0.5) is 5.69 Å². The third-order valence-corrected chi connectivity index (χ3v) is 7.06. The van der Waals surface area contributed by atoms with Crippen LogP contribution < -0.4 is 15.8 Å². The fourth-order valence-corrected chi connectivity index (χ4v) is 4.77. The van der Waals surface area contributed by atoms with Crippen LogP contribution in [-0.4, -0.2) is 72.4 Å². The number of aryl methyl sites for hydroxylation is 2. The summed E-state index contributed by atoms with van der Waals surface area (Å²) in [4.78, 5) is 42.4. The Hall–Kier alpha value is -3.72. The Balaban J connectivity index is 1.26. The van der Waals surface area contributed by atoms with Crippen molar-refractivity contribution < 1.29 is 14.3 Å². The molecule has 1 aliphatic heterocycles. The van der Waals surface area contributed by atoms with Crippen molar-refractivity contribution >= 4 is 28.3 Å². The van der Waals surface area contributed by atoms with Gasteiger partial charge in [-0.1, -0.05) is 24.3 Å². The van der Waals surface area contributed by atoms with Crippen LogP contribution in [0.25, 0.3) is 10.8 Å². The Kier molecular flexibility index (Phi) is 9.12. The standard InChI is InChI=1S/C29H37N5O4/c1-4-38-28(36)19-26-24-8-5-6-9-25(24)29(37)34(31-26)20-27(35)30-12-7-13-32-14-16-33(17-15-32)23-11-10-21(2)22(3)18-23/h5-6,8-11,18H,4,7,12-17,19-20H2,1-3H3,(H,30,35). The van der Waals surface area contributed by atoms with Gasteiger partial charge in [0, 0.05) is 43.8 Å². The summed E-state index contributed by atoms with van der Waals surface area (Å²) in [5.41, 5.74) is 3.98. The van der Waals surface area contributed by atoms with E-state index < -0.39 is 5.97 Å². The second kappa shape index (κ2) is 12.7. The quantitative estimate of drug-likeness (QED) is 0.325. The van der Waals surface area contributed by atoms with Crippen LogP contribution in [0.1, 0.15) is 30.2 Å². The van der Waals surface area contributed by atoms with Gasteiger partial charge in [-0.3, -0.25) is 19.3 Å². The zero-order valence-electron chi connectivity index (χ0n) is 22.5. The minimum Gasteiger partial charge on any atom is -0.466 e. The Morgan fingerprint density at radius 2 is 1.74 bits per heavy atom. The van der Waals surface area contributed by atoms with Crippen LogP contribution in [0, 0.1) is 13.8 Å². The number of carbonyl (C=O) groups is 2. The monoisotopic (exact) mass is 519 g/mol. The lowest BCUT2D eigenvalue weighted by atomic mass is 10.1. The average molecular weight is 520 g/mol. The number of hydrogen-bond donors (Lipinski definition) is 1. The minimum absolute atomic E-state index is 0.0625. The average Bonchev–Trinajstić information content (AvgIpc) is 2.91. The number of benzene rings is 2. The van der Waals surface area contributed by atoms with Crippen molar-refractivity contribution in [3.63, 3.8) is 0 Å². The first kappa shape index (κ1) is 27.3. The van der Waals surface area contributed by atoms with Gasteiger partial charge in [0.15, 0.2) is 0 Å². The molecule has 202 valence electrons. The molecule has 0 saturated carbocycles. The summed E-state index contributed by atoms with van der Waals surface area (Å²) in [5.74, 6) is -0.703. The van der Waals surface area contributed by atoms with E-state index in [0.717, 1.165) is 43.8 Å². The number of piperazine rings is 1. The van der Waals surface area contributed by atoms with E-state index in [1.807, 2.05) is 0 Å². The lowest BCUT2D eigenvalue weighted by Gasteiger charge is -2.36. The maximum atomic E-state index is 12.9. The molecule has 0 bridgehead atoms. The molecule has 0 radical (unpaired) electrons. The largest absolute Gasteiger partial charge is 0.466 e. The molecular weight excluding hydrogens is 482 g/mol. The highest BCUT2D eigenvalue weighted by Gasteiger charge is 2.18. The summed E-state index contributed by atoms with van der Waals surface area (Å²) >= 11 is 0. The van der Waals surface area contributed by atoms with E-state index in [2.05, 4.69) is 52.3 Å². The zero-order valence-corrected chi connectivity index (χ0v) is 22.5. The molecule has 0 unspecified atom stereocenters. The van der Waals surface area contributed by atoms with E-state index >= 15 is 0 Å². The van der Waals surface area contributed by atoms with Crippen molar-refractivity contribution in [2.24, 2.45) is 0 Å². The number of anilines is 1. The Labute approximate surface area is 223 Å². The second-order valence-corrected chi connectivity index (χ2v) is 9.74. The number of fused-ring (bicyclic) bond motifs is 1. The SMILES string of the molecule is CCOC(=O)Cc1nn(CC(=O)NCCCN2CCN(c3ccc(C)c(C)c3)CC2)c(=O)c2ccccc12. The topological polar surface area (TPSA) is 96.8 Å². The van der Waals surface area contributed by atoms with Crippen LogP contribution in [0.3, 0.4) is 0 Å². The Morgan fingerprint density at radius 1 is 1.00 bits per heavy atom. The lowest BCUT2D eigenvalue weighted by molar-refractivity contribution is -0.142. The molecule has 1 amide bonds. The van der Waals surface area contributed by atoms with Gasteiger partial charge in [0.05, 0.1) is 24.1 Å². The highest BCUT2D eigenvalue weighted by Crippen LogP contribution is 2.20. The maximum Gasteiger partial charge on any atom is 0.311 e. The van der Waals surface area contributed by atoms with Crippen molar-refractivity contribution in [1.29, 1.82) is 0 Å². The first-order valence-corrected chi connectivity index (χ1v) is 13.3. The third kappa shape index (κ3) is 6.77. The predicted octanol–water partition coefficient (Wildman–Crippen LogP) is 2.45. The van der Waals surface area contributed by atoms with E-state index in [4.69, 9.17) is 4.74 Å². The predicted molar refractivity (Wildman–Crippen MR) is 149 cm³/mol. The zero-order chi connectivity index (χ0) is 27.1. The van der Waals surface area contributed by atoms with Crippen LogP contribution in [0.2, 0.25) is 0 Å². The number of hydrogen-bond acceptors (Lipinski definition) is 7. The van der Waals surface area contributed by atoms with Gasteiger partial charge in [0.1, 0.15) is 6.54 Å². The number of esters is 1. The summed E-state index contributed by atoms with van der Waals surface area (Å²) in [7, 11) is 0. The van der Waals surface area contributed by atoms with Gasteiger partial charge in [-0.2, -0.15) is 5.10 Å². The third-order valence-electron chi connectivity index (χ3n) is 7.06. The van der Waals surface area contributed by atoms with Crippen molar-refractivity contribution in [3.05, 3.63) is 69.6 Å². The summed E-state index contributed by atoms with van der Waals surface area (Å²) < 4.78 is 6.18. The number of carbonyl (C=O) groups excluding carboxylic acids is 2. The summed E-state index contributed by atoms with van der Waals surface area (Å²) in [6, 6.07) is 13.6. The molecule has 1 aromatic heterocycles. The van der Waals surface area contributed by atoms with Crippen LogP contribution >= 0.6 is 0 Å². The number of rotatable bonds is 10. The van der Waals surface area contributed by atoms with Gasteiger partial charge in [-0.05, 0) is 63.1 Å². The van der Waals surface area contributed by atoms with Crippen LogP contribution in [-0.2, 0) is 27.3 Å². The van der Waals surface area contributed by atoms with Crippen LogP contribution in [0.15, 0.2) is 47.3 Å². The van der Waals surface area contributed by atoms with Crippen molar-refractivity contribution in [3.8, 4) is 0 Å². The lowest BCUT2D eigenvalue weighted by Crippen LogP contribution is -2.47. The molecule has 1 N–H and O–H groups in total. The Morgan fingerprint density at radius 3 is 2.45 bits per heavy atom. The summed E-state index contributed by atoms with van der Waals surface area (Å²) in [6.07, 6.45) is 0.760. The van der Waals surface area contributed by atoms with E-state index in [1.165, 1.54) is 16.8 Å². The van der Waals surface area contributed by atoms with Crippen molar-refractivity contribution in [1.82, 2.24) is 20.0 Å². The molecule has 4 rings (SSSR count). The molecule has 0 aliphatic carbocycles. The van der Waals surface area contributed by atoms with E-state index in [9.17, 15) is 14.4 Å². The number of aromatic nitrogens is 2. The van der Waals surface area contributed by atoms with E-state index in [0.29, 0.717) is 23.0 Å². The molecule has 2 aromatic carbocycles. The Bertz CT molecular complexity index is 1340. The fourth-order valence-electron chi connectivity index (χ4n) is 4.77. The van der Waals surface area contributed by atoms with Gasteiger partial charge in [0.2, 0.25) is 5.91 Å². The van der Waals surface area contributed by atoms with Gasteiger partial charge >= 0.3 is 5.97 Å². The van der Waals surface area contributed by atoms with Crippen molar-refractivity contribution in [2.45, 2.75) is 40.2 Å². The molecule has 2 heterocycles. The summed E-state index contributed by atoms with van der Waals surface area (Å²) in [5, 5.41) is 8.26. The molecule has 1 aliphatic rings. The first-order valence-electron chi connectivity index (χ1n) is 13.3. The number of nitrogens with zero attached hydrogens (tertiary/aromatic N) is 4. The molecule has 1 saturated heterocycles. The van der Waals surface area contributed by atoms with Gasteiger partial charge < -0.3 is 15.0 Å². The highest BCUT2D eigenvalue weighted by molar-refractivity contribution is 5.87.